The lowest BCUT2D eigenvalue weighted by Gasteiger charge is -2.38. The van der Waals surface area contributed by atoms with Crippen molar-refractivity contribution >= 4 is 0 Å². The maximum atomic E-state index is 3.97. The molecule has 15 heavy (non-hydrogen) atoms. The van der Waals surface area contributed by atoms with Gasteiger partial charge < -0.3 is 5.32 Å². The zero-order valence-corrected chi connectivity index (χ0v) is 10.6. The topological polar surface area (TPSA) is 12.0 Å². The highest BCUT2D eigenvalue weighted by Gasteiger charge is 2.35. The Morgan fingerprint density at radius 3 is 2.13 bits per heavy atom. The third-order valence-corrected chi connectivity index (χ3v) is 4.58. The van der Waals surface area contributed by atoms with Gasteiger partial charge >= 0.3 is 0 Å². The molecule has 0 heterocycles. The third kappa shape index (κ3) is 2.75. The molecular weight excluding hydrogens is 182 g/mol. The van der Waals surface area contributed by atoms with Crippen LogP contribution in [0.5, 0.6) is 0 Å². The molecule has 1 nitrogen and oxygen atoms in total. The van der Waals surface area contributed by atoms with Gasteiger partial charge in [0.25, 0.3) is 0 Å². The monoisotopic (exact) mass is 209 g/mol. The molecule has 88 valence electrons. The molecule has 3 atom stereocenters. The fourth-order valence-corrected chi connectivity index (χ4v) is 3.34. The highest BCUT2D eigenvalue weighted by molar-refractivity contribution is 4.91. The number of rotatable bonds is 4. The van der Waals surface area contributed by atoms with E-state index in [4.69, 9.17) is 0 Å². The predicted molar refractivity (Wildman–Crippen MR) is 65.9 cm³/mol. The van der Waals surface area contributed by atoms with Gasteiger partial charge in [-0.3, -0.25) is 0 Å². The van der Waals surface area contributed by atoms with E-state index in [1.165, 1.54) is 38.5 Å². The summed E-state index contributed by atoms with van der Waals surface area (Å²) in [5.41, 5.74) is 0. The fourth-order valence-electron chi connectivity index (χ4n) is 3.34. The van der Waals surface area contributed by atoms with Gasteiger partial charge in [-0.05, 0) is 49.9 Å². The van der Waals surface area contributed by atoms with Gasteiger partial charge in [-0.2, -0.15) is 0 Å². The molecule has 3 unspecified atom stereocenters. The molecule has 2 fully saturated rings. The molecule has 0 aliphatic heterocycles. The molecule has 0 aromatic rings. The number of hydrogen-bond donors (Lipinski definition) is 1. The van der Waals surface area contributed by atoms with E-state index in [-0.39, 0.29) is 0 Å². The van der Waals surface area contributed by atoms with Crippen LogP contribution in [-0.2, 0) is 0 Å². The Morgan fingerprint density at radius 1 is 1.07 bits per heavy atom. The van der Waals surface area contributed by atoms with Crippen LogP contribution in [0.1, 0.15) is 59.3 Å². The minimum Gasteiger partial charge on any atom is -0.310 e. The van der Waals surface area contributed by atoms with Gasteiger partial charge in [0.2, 0.25) is 0 Å². The Hall–Kier alpha value is -0.0400. The zero-order valence-electron chi connectivity index (χ0n) is 10.6. The van der Waals surface area contributed by atoms with E-state index in [1.54, 1.807) is 0 Å². The van der Waals surface area contributed by atoms with E-state index in [2.05, 4.69) is 26.1 Å². The SMILES string of the molecule is CCC(NC1C(C)CCCC1C)C1CC1. The Labute approximate surface area is 95.0 Å². The summed E-state index contributed by atoms with van der Waals surface area (Å²) in [7, 11) is 0. The maximum absolute atomic E-state index is 3.97. The summed E-state index contributed by atoms with van der Waals surface area (Å²) in [5.74, 6) is 2.79. The summed E-state index contributed by atoms with van der Waals surface area (Å²) in [5, 5.41) is 3.97. The van der Waals surface area contributed by atoms with Crippen LogP contribution in [-0.4, -0.2) is 12.1 Å². The molecule has 2 aliphatic rings. The molecule has 2 aliphatic carbocycles. The highest BCUT2D eigenvalue weighted by Crippen LogP contribution is 2.36. The molecule has 0 amide bonds. The van der Waals surface area contributed by atoms with Crippen LogP contribution >= 0.6 is 0 Å². The van der Waals surface area contributed by atoms with Gasteiger partial charge in [0, 0.05) is 12.1 Å². The summed E-state index contributed by atoms with van der Waals surface area (Å²) in [6.07, 6.45) is 8.58. The molecule has 0 spiro atoms. The van der Waals surface area contributed by atoms with Crippen LogP contribution in [0, 0.1) is 17.8 Å². The summed E-state index contributed by atoms with van der Waals surface area (Å²) in [4.78, 5) is 0. The first kappa shape index (κ1) is 11.4. The van der Waals surface area contributed by atoms with Crippen molar-refractivity contribution in [2.75, 3.05) is 0 Å². The van der Waals surface area contributed by atoms with Crippen LogP contribution in [0.4, 0.5) is 0 Å². The lowest BCUT2D eigenvalue weighted by atomic mass is 9.78. The molecule has 0 radical (unpaired) electrons. The first-order valence-corrected chi connectivity index (χ1v) is 6.98. The van der Waals surface area contributed by atoms with E-state index >= 15 is 0 Å². The Kier molecular flexibility index (Phi) is 3.71. The first-order valence-electron chi connectivity index (χ1n) is 6.98. The quantitative estimate of drug-likeness (QED) is 0.746. The Balaban J connectivity index is 1.89. The van der Waals surface area contributed by atoms with Crippen molar-refractivity contribution in [3.05, 3.63) is 0 Å². The van der Waals surface area contributed by atoms with Gasteiger partial charge in [0.1, 0.15) is 0 Å². The Morgan fingerprint density at radius 2 is 1.67 bits per heavy atom. The van der Waals surface area contributed by atoms with Crippen molar-refractivity contribution in [3.63, 3.8) is 0 Å². The van der Waals surface area contributed by atoms with Gasteiger partial charge in [-0.1, -0.05) is 27.2 Å². The summed E-state index contributed by atoms with van der Waals surface area (Å²) in [6.45, 7) is 7.22. The van der Waals surface area contributed by atoms with Crippen molar-refractivity contribution in [2.45, 2.75) is 71.4 Å². The number of hydrogen-bond acceptors (Lipinski definition) is 1. The average Bonchev–Trinajstić information content (AvgIpc) is 3.01. The van der Waals surface area contributed by atoms with Crippen LogP contribution in [0.15, 0.2) is 0 Å². The van der Waals surface area contributed by atoms with Crippen LogP contribution in [0.25, 0.3) is 0 Å². The molecule has 1 N–H and O–H groups in total. The van der Waals surface area contributed by atoms with Crippen molar-refractivity contribution in [1.29, 1.82) is 0 Å². The fraction of sp³-hybridized carbons (Fsp3) is 1.00. The zero-order chi connectivity index (χ0) is 10.8. The smallest absolute Gasteiger partial charge is 0.0121 e. The van der Waals surface area contributed by atoms with Crippen LogP contribution in [0.2, 0.25) is 0 Å². The molecule has 2 rings (SSSR count). The maximum Gasteiger partial charge on any atom is 0.0121 e. The van der Waals surface area contributed by atoms with Crippen molar-refractivity contribution in [3.8, 4) is 0 Å². The normalized spacial score (nSPS) is 39.0. The van der Waals surface area contributed by atoms with Crippen LogP contribution in [0.3, 0.4) is 0 Å². The molecular formula is C14H27N. The van der Waals surface area contributed by atoms with Crippen molar-refractivity contribution in [2.24, 2.45) is 17.8 Å². The first-order chi connectivity index (χ1) is 7.22. The van der Waals surface area contributed by atoms with Gasteiger partial charge in [0.05, 0.1) is 0 Å². The molecule has 0 bridgehead atoms. The summed E-state index contributed by atoms with van der Waals surface area (Å²) < 4.78 is 0. The van der Waals surface area contributed by atoms with Crippen molar-refractivity contribution in [1.82, 2.24) is 5.32 Å². The minimum atomic E-state index is 0.796. The molecule has 0 saturated heterocycles. The second-order valence-electron chi connectivity index (χ2n) is 5.93. The second-order valence-corrected chi connectivity index (χ2v) is 5.93. The molecule has 0 aromatic heterocycles. The lowest BCUT2D eigenvalue weighted by molar-refractivity contribution is 0.185. The largest absolute Gasteiger partial charge is 0.310 e. The Bertz CT molecular complexity index is 188. The molecule has 1 heteroatoms. The summed E-state index contributed by atoms with van der Waals surface area (Å²) >= 11 is 0. The van der Waals surface area contributed by atoms with E-state index in [1.807, 2.05) is 0 Å². The predicted octanol–water partition coefficient (Wildman–Crippen LogP) is 3.59. The van der Waals surface area contributed by atoms with Gasteiger partial charge in [-0.15, -0.1) is 0 Å². The summed E-state index contributed by atoms with van der Waals surface area (Å²) in [6, 6.07) is 1.61. The van der Waals surface area contributed by atoms with Crippen LogP contribution < -0.4 is 5.32 Å². The van der Waals surface area contributed by atoms with Gasteiger partial charge in [-0.25, -0.2) is 0 Å². The van der Waals surface area contributed by atoms with E-state index < -0.39 is 0 Å². The van der Waals surface area contributed by atoms with E-state index in [0.29, 0.717) is 0 Å². The minimum absolute atomic E-state index is 0.796. The van der Waals surface area contributed by atoms with E-state index in [9.17, 15) is 0 Å². The second kappa shape index (κ2) is 4.86. The highest BCUT2D eigenvalue weighted by atomic mass is 15.0. The standard InChI is InChI=1S/C14H27N/c1-4-13(12-8-9-12)15-14-10(2)6-5-7-11(14)3/h10-15H,4-9H2,1-3H3. The number of nitrogens with one attached hydrogen (secondary N) is 1. The molecule has 0 aromatic carbocycles. The van der Waals surface area contributed by atoms with Gasteiger partial charge in [0.15, 0.2) is 0 Å². The molecule has 2 saturated carbocycles. The average molecular weight is 209 g/mol. The van der Waals surface area contributed by atoms with Crippen molar-refractivity contribution < 1.29 is 0 Å². The van der Waals surface area contributed by atoms with E-state index in [0.717, 1.165) is 29.8 Å². The third-order valence-electron chi connectivity index (χ3n) is 4.58. The lowest BCUT2D eigenvalue weighted by Crippen LogP contribution is -2.48.